The quantitative estimate of drug-likeness (QED) is 0.427. The average molecular weight is 375 g/mol. The molecule has 0 radical (unpaired) electrons. The lowest BCUT2D eigenvalue weighted by molar-refractivity contribution is -0.384. The first-order chi connectivity index (χ1) is 13.4. The maximum atomic E-state index is 13.2. The molecule has 28 heavy (non-hydrogen) atoms. The van der Waals surface area contributed by atoms with Crippen molar-refractivity contribution in [3.05, 3.63) is 88.0 Å². The van der Waals surface area contributed by atoms with E-state index in [-0.39, 0.29) is 18.1 Å². The smallest absolute Gasteiger partial charge is 0.319 e. The van der Waals surface area contributed by atoms with E-state index in [0.29, 0.717) is 11.1 Å². The molecule has 3 amide bonds. The van der Waals surface area contributed by atoms with Gasteiger partial charge in [-0.3, -0.25) is 19.8 Å². The molecule has 3 aromatic carbocycles. The number of non-ortho nitro benzene ring substituents is 1. The van der Waals surface area contributed by atoms with Gasteiger partial charge in [0.15, 0.2) is 0 Å². The van der Waals surface area contributed by atoms with Crippen LogP contribution in [0.4, 0.5) is 10.5 Å². The van der Waals surface area contributed by atoms with Gasteiger partial charge in [-0.05, 0) is 28.8 Å². The number of nitrogens with zero attached hydrogens (tertiary/aromatic N) is 2. The van der Waals surface area contributed by atoms with Crippen molar-refractivity contribution < 1.29 is 14.5 Å². The van der Waals surface area contributed by atoms with E-state index in [2.05, 4.69) is 5.32 Å². The minimum absolute atomic E-state index is 0.0350. The number of carbonyl (C=O) groups is 2. The number of rotatable bonds is 4. The number of amides is 3. The molecular weight excluding hydrogens is 358 g/mol. The van der Waals surface area contributed by atoms with Crippen molar-refractivity contribution in [3.8, 4) is 0 Å². The number of fused-ring (bicyclic) bond motifs is 1. The molecule has 140 valence electrons. The molecule has 1 saturated heterocycles. The number of nitrogens with one attached hydrogen (secondary N) is 1. The van der Waals surface area contributed by atoms with Crippen LogP contribution in [0.5, 0.6) is 0 Å². The van der Waals surface area contributed by atoms with Gasteiger partial charge in [-0.2, -0.15) is 0 Å². The molecule has 1 N–H and O–H groups in total. The van der Waals surface area contributed by atoms with Gasteiger partial charge in [-0.15, -0.1) is 0 Å². The molecule has 0 saturated carbocycles. The van der Waals surface area contributed by atoms with E-state index >= 15 is 0 Å². The summed E-state index contributed by atoms with van der Waals surface area (Å²) >= 11 is 0. The van der Waals surface area contributed by atoms with Crippen LogP contribution < -0.4 is 5.32 Å². The van der Waals surface area contributed by atoms with Crippen LogP contribution in [-0.2, 0) is 16.9 Å². The van der Waals surface area contributed by atoms with E-state index in [0.717, 1.165) is 15.7 Å². The molecular formula is C21H17N3O4. The first kappa shape index (κ1) is 17.7. The van der Waals surface area contributed by atoms with Crippen molar-refractivity contribution in [2.45, 2.75) is 19.0 Å². The Balaban J connectivity index is 1.70. The van der Waals surface area contributed by atoms with Gasteiger partial charge in [0.2, 0.25) is 0 Å². The second-order valence-electron chi connectivity index (χ2n) is 6.90. The minimum Gasteiger partial charge on any atom is -0.319 e. The fraction of sp³-hybridized carbons (Fsp3) is 0.143. The summed E-state index contributed by atoms with van der Waals surface area (Å²) in [6.07, 6.45) is 0. The molecule has 0 spiro atoms. The van der Waals surface area contributed by atoms with E-state index in [1.54, 1.807) is 13.0 Å². The van der Waals surface area contributed by atoms with E-state index in [9.17, 15) is 19.7 Å². The first-order valence-electron chi connectivity index (χ1n) is 8.76. The number of urea groups is 1. The van der Waals surface area contributed by atoms with Gasteiger partial charge in [0.25, 0.3) is 11.6 Å². The van der Waals surface area contributed by atoms with Crippen molar-refractivity contribution in [1.29, 1.82) is 0 Å². The summed E-state index contributed by atoms with van der Waals surface area (Å²) in [6.45, 7) is 1.65. The number of hydrogen-bond donors (Lipinski definition) is 1. The highest BCUT2D eigenvalue weighted by molar-refractivity contribution is 6.09. The largest absolute Gasteiger partial charge is 0.325 e. The minimum atomic E-state index is -1.21. The van der Waals surface area contributed by atoms with Gasteiger partial charge in [0.05, 0.1) is 11.5 Å². The second-order valence-corrected chi connectivity index (χ2v) is 6.90. The summed E-state index contributed by atoms with van der Waals surface area (Å²) in [5.41, 5.74) is -0.0645. The highest BCUT2D eigenvalue weighted by atomic mass is 16.6. The van der Waals surface area contributed by atoms with Crippen molar-refractivity contribution in [2.24, 2.45) is 0 Å². The lowest BCUT2D eigenvalue weighted by atomic mass is 9.88. The highest BCUT2D eigenvalue weighted by Gasteiger charge is 2.49. The summed E-state index contributed by atoms with van der Waals surface area (Å²) in [5.74, 6) is -0.389. The van der Waals surface area contributed by atoms with Crippen molar-refractivity contribution >= 4 is 28.4 Å². The van der Waals surface area contributed by atoms with Crippen molar-refractivity contribution in [1.82, 2.24) is 10.2 Å². The SMILES string of the molecule is C[C@]1(c2cccc3ccccc23)NC(=O)N(Cc2cccc([N+](=O)[O-])c2)C1=O. The number of carbonyl (C=O) groups excluding carboxylic acids is 2. The fourth-order valence-electron chi connectivity index (χ4n) is 3.64. The predicted molar refractivity (Wildman–Crippen MR) is 103 cm³/mol. The van der Waals surface area contributed by atoms with Crippen LogP contribution in [0.3, 0.4) is 0 Å². The Morgan fingerprint density at radius 3 is 2.54 bits per heavy atom. The number of imide groups is 1. The predicted octanol–water partition coefficient (Wildman–Crippen LogP) is 3.72. The lowest BCUT2D eigenvalue weighted by Gasteiger charge is -2.24. The molecule has 7 heteroatoms. The van der Waals surface area contributed by atoms with E-state index in [1.165, 1.54) is 18.2 Å². The third-order valence-corrected chi connectivity index (χ3v) is 5.07. The average Bonchev–Trinajstić information content (AvgIpc) is 2.91. The summed E-state index contributed by atoms with van der Waals surface area (Å²) in [7, 11) is 0. The van der Waals surface area contributed by atoms with Crippen LogP contribution in [0.2, 0.25) is 0 Å². The van der Waals surface area contributed by atoms with E-state index in [1.807, 2.05) is 42.5 Å². The normalized spacial score (nSPS) is 19.1. The summed E-state index contributed by atoms with van der Waals surface area (Å²) < 4.78 is 0. The van der Waals surface area contributed by atoms with Crippen LogP contribution in [0.15, 0.2) is 66.7 Å². The van der Waals surface area contributed by atoms with Crippen LogP contribution in [0.25, 0.3) is 10.8 Å². The number of nitro benzene ring substituents is 1. The molecule has 7 nitrogen and oxygen atoms in total. The highest BCUT2D eigenvalue weighted by Crippen LogP contribution is 2.34. The maximum Gasteiger partial charge on any atom is 0.325 e. The second kappa shape index (κ2) is 6.45. The Bertz CT molecular complexity index is 1120. The Hall–Kier alpha value is -3.74. The molecule has 4 rings (SSSR count). The monoisotopic (exact) mass is 375 g/mol. The van der Waals surface area contributed by atoms with Gasteiger partial charge in [0.1, 0.15) is 5.54 Å². The first-order valence-corrected chi connectivity index (χ1v) is 8.76. The summed E-state index contributed by atoms with van der Waals surface area (Å²) in [5, 5.41) is 15.6. The van der Waals surface area contributed by atoms with Crippen LogP contribution in [0.1, 0.15) is 18.1 Å². The molecule has 1 aliphatic heterocycles. The molecule has 0 bridgehead atoms. The van der Waals surface area contributed by atoms with Gasteiger partial charge in [0, 0.05) is 12.1 Å². The lowest BCUT2D eigenvalue weighted by Crippen LogP contribution is -2.41. The molecule has 1 aliphatic rings. The van der Waals surface area contributed by atoms with Crippen molar-refractivity contribution in [3.63, 3.8) is 0 Å². The molecule has 1 atom stereocenters. The molecule has 0 unspecified atom stereocenters. The van der Waals surface area contributed by atoms with Crippen LogP contribution >= 0.6 is 0 Å². The summed E-state index contributed by atoms with van der Waals surface area (Å²) in [6, 6.07) is 18.7. The molecule has 1 fully saturated rings. The van der Waals surface area contributed by atoms with Gasteiger partial charge in [-0.25, -0.2) is 4.79 Å². The number of hydrogen-bond acceptors (Lipinski definition) is 4. The maximum absolute atomic E-state index is 13.2. The van der Waals surface area contributed by atoms with Gasteiger partial charge in [-0.1, -0.05) is 54.6 Å². The third kappa shape index (κ3) is 2.77. The summed E-state index contributed by atoms with van der Waals surface area (Å²) in [4.78, 5) is 37.4. The molecule has 3 aromatic rings. The Morgan fingerprint density at radius 2 is 1.75 bits per heavy atom. The van der Waals surface area contributed by atoms with E-state index < -0.39 is 16.5 Å². The Labute approximate surface area is 160 Å². The van der Waals surface area contributed by atoms with Gasteiger partial charge >= 0.3 is 6.03 Å². The molecule has 0 aliphatic carbocycles. The van der Waals surface area contributed by atoms with Crippen molar-refractivity contribution in [2.75, 3.05) is 0 Å². The molecule has 1 heterocycles. The third-order valence-electron chi connectivity index (χ3n) is 5.07. The molecule has 0 aromatic heterocycles. The zero-order valence-corrected chi connectivity index (χ0v) is 15.1. The zero-order chi connectivity index (χ0) is 19.9. The van der Waals surface area contributed by atoms with E-state index in [4.69, 9.17) is 0 Å². The topological polar surface area (TPSA) is 92.6 Å². The van der Waals surface area contributed by atoms with Gasteiger partial charge < -0.3 is 5.32 Å². The number of benzene rings is 3. The Kier molecular flexibility index (Phi) is 4.07. The Morgan fingerprint density at radius 1 is 1.04 bits per heavy atom. The van der Waals surface area contributed by atoms with Crippen LogP contribution in [-0.4, -0.2) is 21.8 Å². The zero-order valence-electron chi connectivity index (χ0n) is 15.1. The fourth-order valence-corrected chi connectivity index (χ4v) is 3.64. The van der Waals surface area contributed by atoms with Crippen LogP contribution in [0, 0.1) is 10.1 Å². The number of nitro groups is 1. The standard InChI is InChI=1S/C21H17N3O4/c1-21(18-11-5-8-15-7-2-3-10-17(15)18)19(25)23(20(26)22-21)13-14-6-4-9-16(12-14)24(27)28/h2-12H,13H2,1H3,(H,22,26)/t21-/m1/s1.